The largest absolute Gasteiger partial charge is 0.338 e. The molecule has 0 unspecified atom stereocenters. The number of nitrogens with one attached hydrogen (secondary N) is 2. The van der Waals surface area contributed by atoms with Crippen LogP contribution in [-0.4, -0.2) is 33.5 Å². The topological polar surface area (TPSA) is 78.1 Å². The standard InChI is InChI=1S/C18H18N4O2S/c23-16(20-14-3-1-2-12-10-19-21-18(12)14)4-5-17(24)22-8-6-15-13(11-22)7-9-25-15/h1-3,7,9-10H,4-6,8,11H2,(H,19,21)(H,20,23). The number of para-hydroxylation sites is 1. The van der Waals surface area contributed by atoms with E-state index in [0.717, 1.165) is 23.9 Å². The molecule has 1 aromatic carbocycles. The second kappa shape index (κ2) is 6.68. The average molecular weight is 354 g/mol. The number of aromatic nitrogens is 2. The third-order valence-corrected chi connectivity index (χ3v) is 5.50. The molecule has 25 heavy (non-hydrogen) atoms. The molecule has 0 radical (unpaired) electrons. The fourth-order valence-electron chi connectivity index (χ4n) is 3.13. The number of nitrogens with zero attached hydrogens (tertiary/aromatic N) is 2. The van der Waals surface area contributed by atoms with Crippen LogP contribution < -0.4 is 5.32 Å². The van der Waals surface area contributed by atoms with Crippen molar-refractivity contribution in [2.45, 2.75) is 25.8 Å². The number of carbonyl (C=O) groups excluding carboxylic acids is 2. The molecule has 0 fully saturated rings. The van der Waals surface area contributed by atoms with Crippen LogP contribution in [0.4, 0.5) is 5.69 Å². The first-order valence-electron chi connectivity index (χ1n) is 8.25. The van der Waals surface area contributed by atoms with E-state index >= 15 is 0 Å². The minimum Gasteiger partial charge on any atom is -0.338 e. The fraction of sp³-hybridized carbons (Fsp3) is 0.278. The van der Waals surface area contributed by atoms with Crippen LogP contribution in [0.2, 0.25) is 0 Å². The number of hydrogen-bond acceptors (Lipinski definition) is 4. The zero-order valence-electron chi connectivity index (χ0n) is 13.6. The summed E-state index contributed by atoms with van der Waals surface area (Å²) in [6.07, 6.45) is 3.02. The monoisotopic (exact) mass is 354 g/mol. The van der Waals surface area contributed by atoms with E-state index in [1.54, 1.807) is 17.5 Å². The highest BCUT2D eigenvalue weighted by Crippen LogP contribution is 2.25. The summed E-state index contributed by atoms with van der Waals surface area (Å²) in [6, 6.07) is 7.69. The van der Waals surface area contributed by atoms with Crippen LogP contribution in [0.5, 0.6) is 0 Å². The summed E-state index contributed by atoms with van der Waals surface area (Å²) in [7, 11) is 0. The lowest BCUT2D eigenvalue weighted by Gasteiger charge is -2.27. The molecule has 1 aliphatic rings. The normalized spacial score (nSPS) is 13.7. The molecule has 7 heteroatoms. The summed E-state index contributed by atoms with van der Waals surface area (Å²) in [5.74, 6) is -0.129. The molecule has 3 heterocycles. The van der Waals surface area contributed by atoms with Gasteiger partial charge < -0.3 is 10.2 Å². The number of H-pyrrole nitrogens is 1. The van der Waals surface area contributed by atoms with Crippen LogP contribution >= 0.6 is 11.3 Å². The fourth-order valence-corrected chi connectivity index (χ4v) is 4.02. The van der Waals surface area contributed by atoms with Crippen LogP contribution in [0.1, 0.15) is 23.3 Å². The predicted molar refractivity (Wildman–Crippen MR) is 97.4 cm³/mol. The Hall–Kier alpha value is -2.67. The van der Waals surface area contributed by atoms with Gasteiger partial charge in [-0.05, 0) is 29.5 Å². The van der Waals surface area contributed by atoms with Gasteiger partial charge in [0.05, 0.1) is 17.4 Å². The number of benzene rings is 1. The molecule has 2 N–H and O–H groups in total. The number of thiophene rings is 1. The quantitative estimate of drug-likeness (QED) is 0.756. The minimum atomic E-state index is -0.163. The molecule has 1 aliphatic heterocycles. The van der Waals surface area contributed by atoms with E-state index in [1.807, 2.05) is 23.1 Å². The zero-order chi connectivity index (χ0) is 17.2. The van der Waals surface area contributed by atoms with Crippen molar-refractivity contribution in [3.8, 4) is 0 Å². The van der Waals surface area contributed by atoms with Crippen LogP contribution in [0.3, 0.4) is 0 Å². The summed E-state index contributed by atoms with van der Waals surface area (Å²) in [5.41, 5.74) is 2.72. The van der Waals surface area contributed by atoms with Crippen LogP contribution in [0.25, 0.3) is 10.9 Å². The molecule has 4 rings (SSSR count). The second-order valence-corrected chi connectivity index (χ2v) is 7.12. The van der Waals surface area contributed by atoms with E-state index in [9.17, 15) is 9.59 Å². The van der Waals surface area contributed by atoms with Crippen molar-refractivity contribution in [3.63, 3.8) is 0 Å². The summed E-state index contributed by atoms with van der Waals surface area (Å²) in [6.45, 7) is 1.40. The van der Waals surface area contributed by atoms with Crippen molar-refractivity contribution in [2.75, 3.05) is 11.9 Å². The molecule has 0 aliphatic carbocycles. The molecule has 0 bridgehead atoms. The third-order valence-electron chi connectivity index (χ3n) is 4.48. The minimum absolute atomic E-state index is 0.0340. The molecule has 2 amide bonds. The first-order valence-corrected chi connectivity index (χ1v) is 9.13. The lowest BCUT2D eigenvalue weighted by atomic mass is 10.1. The number of amides is 2. The molecule has 6 nitrogen and oxygen atoms in total. The van der Waals surface area contributed by atoms with Crippen molar-refractivity contribution in [1.29, 1.82) is 0 Å². The summed E-state index contributed by atoms with van der Waals surface area (Å²) in [5, 5.41) is 12.7. The molecule has 0 spiro atoms. The summed E-state index contributed by atoms with van der Waals surface area (Å²) >= 11 is 1.75. The number of carbonyl (C=O) groups is 2. The number of fused-ring (bicyclic) bond motifs is 2. The average Bonchev–Trinajstić information content (AvgIpc) is 3.28. The Morgan fingerprint density at radius 2 is 2.20 bits per heavy atom. The molecule has 2 aromatic heterocycles. The number of anilines is 1. The lowest BCUT2D eigenvalue weighted by Crippen LogP contribution is -2.35. The van der Waals surface area contributed by atoms with Gasteiger partial charge in [0.2, 0.25) is 11.8 Å². The molecule has 0 atom stereocenters. The number of aromatic amines is 1. The van der Waals surface area contributed by atoms with Gasteiger partial charge in [-0.3, -0.25) is 14.7 Å². The van der Waals surface area contributed by atoms with Crippen molar-refractivity contribution in [3.05, 3.63) is 46.3 Å². The highest BCUT2D eigenvalue weighted by Gasteiger charge is 2.21. The van der Waals surface area contributed by atoms with Gasteiger partial charge in [0, 0.05) is 36.2 Å². The van der Waals surface area contributed by atoms with Crippen molar-refractivity contribution in [1.82, 2.24) is 15.1 Å². The van der Waals surface area contributed by atoms with Crippen LogP contribution in [-0.2, 0) is 22.6 Å². The third kappa shape index (κ3) is 3.28. The van der Waals surface area contributed by atoms with Gasteiger partial charge in [0.15, 0.2) is 0 Å². The van der Waals surface area contributed by atoms with Crippen molar-refractivity contribution >= 4 is 39.7 Å². The van der Waals surface area contributed by atoms with Crippen LogP contribution in [0, 0.1) is 0 Å². The molecule has 0 saturated heterocycles. The van der Waals surface area contributed by atoms with Crippen LogP contribution in [0.15, 0.2) is 35.8 Å². The first-order chi connectivity index (χ1) is 12.2. The molecule has 0 saturated carbocycles. The van der Waals surface area contributed by atoms with E-state index in [-0.39, 0.29) is 24.7 Å². The predicted octanol–water partition coefficient (Wildman–Crippen LogP) is 2.93. The molecule has 128 valence electrons. The molecular formula is C18H18N4O2S. The maximum atomic E-state index is 12.4. The van der Waals surface area contributed by atoms with Gasteiger partial charge in [-0.2, -0.15) is 5.10 Å². The van der Waals surface area contributed by atoms with Crippen molar-refractivity contribution in [2.24, 2.45) is 0 Å². The Morgan fingerprint density at radius 1 is 1.28 bits per heavy atom. The Morgan fingerprint density at radius 3 is 3.12 bits per heavy atom. The second-order valence-electron chi connectivity index (χ2n) is 6.12. The van der Waals surface area contributed by atoms with E-state index < -0.39 is 0 Å². The summed E-state index contributed by atoms with van der Waals surface area (Å²) in [4.78, 5) is 27.8. The van der Waals surface area contributed by atoms with Gasteiger partial charge in [0.25, 0.3) is 0 Å². The molecular weight excluding hydrogens is 336 g/mol. The maximum absolute atomic E-state index is 12.4. The van der Waals surface area contributed by atoms with Gasteiger partial charge in [-0.15, -0.1) is 11.3 Å². The van der Waals surface area contributed by atoms with E-state index in [1.165, 1.54) is 10.4 Å². The van der Waals surface area contributed by atoms with E-state index in [2.05, 4.69) is 27.0 Å². The van der Waals surface area contributed by atoms with Gasteiger partial charge >= 0.3 is 0 Å². The summed E-state index contributed by atoms with van der Waals surface area (Å²) < 4.78 is 0. The van der Waals surface area contributed by atoms with Gasteiger partial charge in [-0.25, -0.2) is 0 Å². The van der Waals surface area contributed by atoms with Gasteiger partial charge in [0.1, 0.15) is 0 Å². The van der Waals surface area contributed by atoms with E-state index in [4.69, 9.17) is 0 Å². The highest BCUT2D eigenvalue weighted by atomic mass is 32.1. The van der Waals surface area contributed by atoms with E-state index in [0.29, 0.717) is 12.2 Å². The number of rotatable bonds is 4. The molecule has 3 aromatic rings. The smallest absolute Gasteiger partial charge is 0.224 e. The van der Waals surface area contributed by atoms with Crippen molar-refractivity contribution < 1.29 is 9.59 Å². The SMILES string of the molecule is O=C(CCC(=O)N1CCc2sccc2C1)Nc1cccc2cn[nH]c12. The Labute approximate surface area is 148 Å². The number of hydrogen-bond donors (Lipinski definition) is 2. The first kappa shape index (κ1) is 15.8. The lowest BCUT2D eigenvalue weighted by molar-refractivity contribution is -0.133. The van der Waals surface area contributed by atoms with Gasteiger partial charge in [-0.1, -0.05) is 12.1 Å². The zero-order valence-corrected chi connectivity index (χ0v) is 14.4. The Bertz CT molecular complexity index is 930. The Balaban J connectivity index is 1.33. The Kier molecular flexibility index (Phi) is 4.23. The highest BCUT2D eigenvalue weighted by molar-refractivity contribution is 7.10. The maximum Gasteiger partial charge on any atom is 0.224 e.